The molecule has 24 heavy (non-hydrogen) atoms. The van der Waals surface area contributed by atoms with Crippen molar-refractivity contribution in [3.63, 3.8) is 0 Å². The van der Waals surface area contributed by atoms with E-state index in [-0.39, 0.29) is 19.0 Å². The predicted octanol–water partition coefficient (Wildman–Crippen LogP) is 1.76. The molecule has 0 saturated carbocycles. The summed E-state index contributed by atoms with van der Waals surface area (Å²) in [6.07, 6.45) is 2.66. The van der Waals surface area contributed by atoms with Crippen molar-refractivity contribution in [1.82, 2.24) is 24.6 Å². The van der Waals surface area contributed by atoms with Crippen LogP contribution in [0.25, 0.3) is 5.65 Å². The normalized spacial score (nSPS) is 22.1. The molecule has 2 unspecified atom stereocenters. The van der Waals surface area contributed by atoms with Gasteiger partial charge in [-0.05, 0) is 12.8 Å². The monoisotopic (exact) mass is 341 g/mol. The van der Waals surface area contributed by atoms with Gasteiger partial charge in [0, 0.05) is 38.4 Å². The number of amides is 1. The number of imidazole rings is 1. The fourth-order valence-electron chi connectivity index (χ4n) is 3.10. The van der Waals surface area contributed by atoms with Crippen molar-refractivity contribution in [3.8, 4) is 0 Å². The van der Waals surface area contributed by atoms with Gasteiger partial charge in [0.15, 0.2) is 5.65 Å². The Hall–Kier alpha value is -2.16. The summed E-state index contributed by atoms with van der Waals surface area (Å²) in [7, 11) is 0. The highest BCUT2D eigenvalue weighted by molar-refractivity contribution is 5.74. The van der Waals surface area contributed by atoms with Crippen molar-refractivity contribution in [2.24, 2.45) is 0 Å². The first-order chi connectivity index (χ1) is 11.4. The summed E-state index contributed by atoms with van der Waals surface area (Å²) >= 11 is 0. The van der Waals surface area contributed by atoms with Crippen LogP contribution >= 0.6 is 0 Å². The van der Waals surface area contributed by atoms with Crippen LogP contribution < -0.4 is 5.32 Å². The van der Waals surface area contributed by atoms with Gasteiger partial charge < -0.3 is 10.2 Å². The van der Waals surface area contributed by atoms with Crippen LogP contribution in [0.15, 0.2) is 24.8 Å². The van der Waals surface area contributed by atoms with Gasteiger partial charge in [0.25, 0.3) is 0 Å². The average Bonchev–Trinajstić information content (AvgIpc) is 2.95. The van der Waals surface area contributed by atoms with E-state index >= 15 is 0 Å². The lowest BCUT2D eigenvalue weighted by molar-refractivity contribution is -0.196. The Morgan fingerprint density at radius 1 is 1.38 bits per heavy atom. The number of fused-ring (bicyclic) bond motifs is 1. The molecule has 0 spiro atoms. The molecule has 9 heteroatoms. The van der Waals surface area contributed by atoms with Crippen molar-refractivity contribution in [2.45, 2.75) is 44.6 Å². The number of piperidine rings is 1. The van der Waals surface area contributed by atoms with Gasteiger partial charge in [-0.15, -0.1) is 0 Å². The second-order valence-corrected chi connectivity index (χ2v) is 5.94. The van der Waals surface area contributed by atoms with Gasteiger partial charge in [0.1, 0.15) is 6.04 Å². The molecule has 1 saturated heterocycles. The highest BCUT2D eigenvalue weighted by atomic mass is 19.4. The number of alkyl halides is 3. The Morgan fingerprint density at radius 3 is 2.88 bits per heavy atom. The molecule has 3 rings (SSSR count). The number of hydrogen-bond acceptors (Lipinski definition) is 4. The van der Waals surface area contributed by atoms with Crippen LogP contribution in [0.1, 0.15) is 25.5 Å². The number of carbonyl (C=O) groups excluding carboxylic acids is 1. The summed E-state index contributed by atoms with van der Waals surface area (Å²) in [6.45, 7) is 1.69. The summed E-state index contributed by atoms with van der Waals surface area (Å²) < 4.78 is 41.0. The van der Waals surface area contributed by atoms with Crippen LogP contribution in [0.2, 0.25) is 0 Å². The number of nitrogens with one attached hydrogen (secondary N) is 1. The Morgan fingerprint density at radius 2 is 2.17 bits per heavy atom. The van der Waals surface area contributed by atoms with Crippen LogP contribution in [-0.2, 0) is 11.3 Å². The maximum absolute atomic E-state index is 13.0. The molecule has 130 valence electrons. The number of halogens is 3. The molecule has 1 N–H and O–H groups in total. The molecule has 2 aromatic heterocycles. The highest BCUT2D eigenvalue weighted by Crippen LogP contribution is 2.32. The SMILES string of the molecule is CC(=O)N1CC(NCc2cnc3cnccn23)CCC1C(F)(F)F. The smallest absolute Gasteiger partial charge is 0.329 e. The third-order valence-corrected chi connectivity index (χ3v) is 4.33. The van der Waals surface area contributed by atoms with Gasteiger partial charge >= 0.3 is 6.18 Å². The number of aromatic nitrogens is 3. The molecule has 1 aliphatic rings. The van der Waals surface area contributed by atoms with Gasteiger partial charge in [-0.25, -0.2) is 4.98 Å². The van der Waals surface area contributed by atoms with Crippen LogP contribution in [0.5, 0.6) is 0 Å². The van der Waals surface area contributed by atoms with Crippen molar-refractivity contribution in [3.05, 3.63) is 30.5 Å². The minimum atomic E-state index is -4.38. The maximum Gasteiger partial charge on any atom is 0.408 e. The molecule has 1 amide bonds. The van der Waals surface area contributed by atoms with Crippen LogP contribution in [0.4, 0.5) is 13.2 Å². The van der Waals surface area contributed by atoms with E-state index in [9.17, 15) is 18.0 Å². The summed E-state index contributed by atoms with van der Waals surface area (Å²) in [5.41, 5.74) is 1.60. The van der Waals surface area contributed by atoms with Crippen molar-refractivity contribution in [2.75, 3.05) is 6.54 Å². The zero-order chi connectivity index (χ0) is 17.3. The third-order valence-electron chi connectivity index (χ3n) is 4.33. The van der Waals surface area contributed by atoms with E-state index in [1.54, 1.807) is 24.8 Å². The van der Waals surface area contributed by atoms with E-state index in [1.165, 1.54) is 6.92 Å². The average molecular weight is 341 g/mol. The summed E-state index contributed by atoms with van der Waals surface area (Å²) in [6, 6.07) is -1.87. The summed E-state index contributed by atoms with van der Waals surface area (Å²) in [4.78, 5) is 20.7. The first-order valence-corrected chi connectivity index (χ1v) is 7.69. The standard InChI is InChI=1S/C15H18F3N5O/c1-10(24)23-9-11(2-3-13(23)15(16,17)18)20-6-12-7-21-14-8-19-4-5-22(12)14/h4-5,7-8,11,13,20H,2-3,6,9H2,1H3. The van der Waals surface area contributed by atoms with E-state index in [4.69, 9.17) is 0 Å². The maximum atomic E-state index is 13.0. The fraction of sp³-hybridized carbons (Fsp3) is 0.533. The van der Waals surface area contributed by atoms with Gasteiger partial charge in [0.05, 0.1) is 18.1 Å². The van der Waals surface area contributed by atoms with Gasteiger partial charge in [-0.1, -0.05) is 0 Å². The number of likely N-dealkylation sites (tertiary alicyclic amines) is 1. The Balaban J connectivity index is 1.65. The molecule has 0 bridgehead atoms. The predicted molar refractivity (Wildman–Crippen MR) is 80.1 cm³/mol. The van der Waals surface area contributed by atoms with Crippen molar-refractivity contribution < 1.29 is 18.0 Å². The van der Waals surface area contributed by atoms with Crippen LogP contribution in [-0.4, -0.2) is 50.0 Å². The molecule has 3 heterocycles. The van der Waals surface area contributed by atoms with E-state index in [2.05, 4.69) is 15.3 Å². The minimum Gasteiger partial charge on any atom is -0.329 e. The zero-order valence-corrected chi connectivity index (χ0v) is 13.1. The van der Waals surface area contributed by atoms with Crippen LogP contribution in [0.3, 0.4) is 0 Å². The Kier molecular flexibility index (Phi) is 4.44. The Bertz CT molecular complexity index is 729. The molecule has 0 radical (unpaired) electrons. The minimum absolute atomic E-state index is 0.0534. The molecule has 0 aromatic carbocycles. The van der Waals surface area contributed by atoms with E-state index in [1.807, 2.05) is 4.40 Å². The molecule has 6 nitrogen and oxygen atoms in total. The number of carbonyl (C=O) groups is 1. The molecule has 2 aromatic rings. The largest absolute Gasteiger partial charge is 0.408 e. The molecular weight excluding hydrogens is 323 g/mol. The van der Waals surface area contributed by atoms with E-state index < -0.39 is 18.1 Å². The quantitative estimate of drug-likeness (QED) is 0.924. The van der Waals surface area contributed by atoms with Gasteiger partial charge in [-0.2, -0.15) is 13.2 Å². The second-order valence-electron chi connectivity index (χ2n) is 5.94. The lowest BCUT2D eigenvalue weighted by Crippen LogP contribution is -2.57. The molecule has 2 atom stereocenters. The lowest BCUT2D eigenvalue weighted by Gasteiger charge is -2.40. The van der Waals surface area contributed by atoms with Crippen molar-refractivity contribution >= 4 is 11.6 Å². The topological polar surface area (TPSA) is 62.5 Å². The first kappa shape index (κ1) is 16.7. The van der Waals surface area contributed by atoms with E-state index in [0.29, 0.717) is 18.6 Å². The van der Waals surface area contributed by atoms with Crippen LogP contribution in [0, 0.1) is 0 Å². The highest BCUT2D eigenvalue weighted by Gasteiger charge is 2.47. The summed E-state index contributed by atoms with van der Waals surface area (Å²) in [5, 5.41) is 3.23. The van der Waals surface area contributed by atoms with Gasteiger partial charge in [0.2, 0.25) is 5.91 Å². The lowest BCUT2D eigenvalue weighted by atomic mass is 9.97. The second kappa shape index (κ2) is 6.39. The van der Waals surface area contributed by atoms with Gasteiger partial charge in [-0.3, -0.25) is 14.2 Å². The third kappa shape index (κ3) is 3.35. The summed E-state index contributed by atoms with van der Waals surface area (Å²) in [5.74, 6) is -0.551. The Labute approximate surface area is 136 Å². The zero-order valence-electron chi connectivity index (χ0n) is 13.1. The molecule has 1 aliphatic heterocycles. The number of hydrogen-bond donors (Lipinski definition) is 1. The molecular formula is C15H18F3N5O. The molecule has 1 fully saturated rings. The number of rotatable bonds is 3. The van der Waals surface area contributed by atoms with Crippen molar-refractivity contribution in [1.29, 1.82) is 0 Å². The van der Waals surface area contributed by atoms with E-state index in [0.717, 1.165) is 10.6 Å². The first-order valence-electron chi connectivity index (χ1n) is 7.69. The fourth-order valence-corrected chi connectivity index (χ4v) is 3.10. The number of nitrogens with zero attached hydrogens (tertiary/aromatic N) is 4. The molecule has 0 aliphatic carbocycles.